The zero-order chi connectivity index (χ0) is 11.4. The highest BCUT2D eigenvalue weighted by Gasteiger charge is 2.16. The lowest BCUT2D eigenvalue weighted by molar-refractivity contribution is 0.563. The van der Waals surface area contributed by atoms with Gasteiger partial charge in [-0.2, -0.15) is 5.10 Å². The second-order valence-corrected chi connectivity index (χ2v) is 4.53. The van der Waals surface area contributed by atoms with E-state index >= 15 is 0 Å². The van der Waals surface area contributed by atoms with Crippen LogP contribution in [0.25, 0.3) is 0 Å². The van der Waals surface area contributed by atoms with E-state index in [0.717, 1.165) is 35.8 Å². The second-order valence-electron chi connectivity index (χ2n) is 3.84. The van der Waals surface area contributed by atoms with Crippen molar-refractivity contribution >= 4 is 23.2 Å². The smallest absolute Gasteiger partial charge is 0.0849 e. The fourth-order valence-electron chi connectivity index (χ4n) is 1.60. The van der Waals surface area contributed by atoms with E-state index in [1.165, 1.54) is 0 Å². The van der Waals surface area contributed by atoms with E-state index in [0.29, 0.717) is 11.8 Å². The normalized spacial score (nSPS) is 13.1. The van der Waals surface area contributed by atoms with Crippen LogP contribution in [-0.2, 0) is 19.4 Å². The summed E-state index contributed by atoms with van der Waals surface area (Å²) in [5, 5.41) is 5.31. The Morgan fingerprint density at radius 3 is 2.53 bits per heavy atom. The van der Waals surface area contributed by atoms with E-state index in [1.54, 1.807) is 0 Å². The third-order valence-corrected chi connectivity index (χ3v) is 3.46. The minimum atomic E-state index is 0.441. The van der Waals surface area contributed by atoms with Crippen molar-refractivity contribution in [2.75, 3.05) is 5.88 Å². The minimum absolute atomic E-state index is 0.441. The van der Waals surface area contributed by atoms with Crippen molar-refractivity contribution in [3.63, 3.8) is 0 Å². The summed E-state index contributed by atoms with van der Waals surface area (Å²) >= 11 is 12.1. The molecule has 1 aromatic rings. The Hall–Kier alpha value is -0.210. The molecule has 1 unspecified atom stereocenters. The molecule has 15 heavy (non-hydrogen) atoms. The molecule has 0 N–H and O–H groups in total. The fourth-order valence-corrected chi connectivity index (χ4v) is 2.05. The van der Waals surface area contributed by atoms with E-state index in [-0.39, 0.29) is 0 Å². The number of halogens is 2. The van der Waals surface area contributed by atoms with Crippen molar-refractivity contribution in [2.45, 2.75) is 40.2 Å². The molecular formula is C11H18Cl2N2. The molecule has 0 bridgehead atoms. The first-order valence-corrected chi connectivity index (χ1v) is 6.35. The Morgan fingerprint density at radius 2 is 2.07 bits per heavy atom. The predicted molar refractivity (Wildman–Crippen MR) is 65.9 cm³/mol. The summed E-state index contributed by atoms with van der Waals surface area (Å²) in [7, 11) is 0. The highest BCUT2D eigenvalue weighted by atomic mass is 35.5. The highest BCUT2D eigenvalue weighted by Crippen LogP contribution is 2.24. The lowest BCUT2D eigenvalue weighted by atomic mass is 10.1. The molecule has 0 radical (unpaired) electrons. The SMILES string of the molecule is CCc1nn(CC)c(CC(C)CCl)c1Cl. The van der Waals surface area contributed by atoms with Gasteiger partial charge in [0, 0.05) is 12.4 Å². The number of alkyl halides is 1. The summed E-state index contributed by atoms with van der Waals surface area (Å²) in [6.07, 6.45) is 1.79. The number of nitrogens with zero attached hydrogens (tertiary/aromatic N) is 2. The van der Waals surface area contributed by atoms with Gasteiger partial charge in [0.1, 0.15) is 0 Å². The van der Waals surface area contributed by atoms with Crippen molar-refractivity contribution in [3.8, 4) is 0 Å². The van der Waals surface area contributed by atoms with Crippen molar-refractivity contribution < 1.29 is 0 Å². The van der Waals surface area contributed by atoms with Gasteiger partial charge in [-0.1, -0.05) is 25.4 Å². The quantitative estimate of drug-likeness (QED) is 0.730. The number of aryl methyl sites for hydroxylation is 2. The Labute approximate surface area is 102 Å². The molecule has 0 aromatic carbocycles. The van der Waals surface area contributed by atoms with Crippen molar-refractivity contribution in [1.82, 2.24) is 9.78 Å². The molecule has 1 atom stereocenters. The Morgan fingerprint density at radius 1 is 1.40 bits per heavy atom. The molecule has 0 aliphatic rings. The van der Waals surface area contributed by atoms with Crippen LogP contribution in [0.5, 0.6) is 0 Å². The van der Waals surface area contributed by atoms with Gasteiger partial charge in [0.2, 0.25) is 0 Å². The average molecular weight is 249 g/mol. The van der Waals surface area contributed by atoms with Crippen LogP contribution in [0, 0.1) is 5.92 Å². The maximum atomic E-state index is 6.28. The third kappa shape index (κ3) is 2.88. The molecule has 2 nitrogen and oxygen atoms in total. The first-order valence-electron chi connectivity index (χ1n) is 5.43. The maximum absolute atomic E-state index is 6.28. The number of aromatic nitrogens is 2. The number of rotatable bonds is 5. The van der Waals surface area contributed by atoms with Gasteiger partial charge in [-0.15, -0.1) is 11.6 Å². The van der Waals surface area contributed by atoms with E-state index < -0.39 is 0 Å². The molecule has 0 aliphatic carbocycles. The molecule has 0 saturated carbocycles. The summed E-state index contributed by atoms with van der Waals surface area (Å²) in [4.78, 5) is 0. The summed E-state index contributed by atoms with van der Waals surface area (Å²) in [5.74, 6) is 1.10. The molecule has 1 rings (SSSR count). The van der Waals surface area contributed by atoms with E-state index in [4.69, 9.17) is 23.2 Å². The topological polar surface area (TPSA) is 17.8 Å². The van der Waals surface area contributed by atoms with Gasteiger partial charge in [0.25, 0.3) is 0 Å². The minimum Gasteiger partial charge on any atom is -0.268 e. The van der Waals surface area contributed by atoms with Gasteiger partial charge < -0.3 is 0 Å². The maximum Gasteiger partial charge on any atom is 0.0849 e. The van der Waals surface area contributed by atoms with Crippen LogP contribution in [0.2, 0.25) is 5.02 Å². The highest BCUT2D eigenvalue weighted by molar-refractivity contribution is 6.31. The summed E-state index contributed by atoms with van der Waals surface area (Å²) in [6.45, 7) is 7.15. The second kappa shape index (κ2) is 5.76. The van der Waals surface area contributed by atoms with E-state index in [2.05, 4.69) is 25.9 Å². The lowest BCUT2D eigenvalue weighted by Gasteiger charge is -2.09. The Balaban J connectivity index is 2.97. The van der Waals surface area contributed by atoms with Crippen molar-refractivity contribution in [3.05, 3.63) is 16.4 Å². The molecule has 0 saturated heterocycles. The Bertz CT molecular complexity index is 321. The van der Waals surface area contributed by atoms with Crippen LogP contribution in [-0.4, -0.2) is 15.7 Å². The largest absolute Gasteiger partial charge is 0.268 e. The number of hydrogen-bond acceptors (Lipinski definition) is 1. The fraction of sp³-hybridized carbons (Fsp3) is 0.727. The molecule has 0 fully saturated rings. The van der Waals surface area contributed by atoms with Gasteiger partial charge in [-0.25, -0.2) is 0 Å². The molecule has 4 heteroatoms. The standard InChI is InChI=1S/C11H18Cl2N2/c1-4-9-11(13)10(6-8(3)7-12)15(5-2)14-9/h8H,4-7H2,1-3H3. The van der Waals surface area contributed by atoms with Gasteiger partial charge in [0.15, 0.2) is 0 Å². The third-order valence-electron chi connectivity index (χ3n) is 2.50. The van der Waals surface area contributed by atoms with Crippen molar-refractivity contribution in [2.24, 2.45) is 5.92 Å². The first kappa shape index (κ1) is 12.9. The van der Waals surface area contributed by atoms with Gasteiger partial charge >= 0.3 is 0 Å². The number of hydrogen-bond donors (Lipinski definition) is 0. The van der Waals surface area contributed by atoms with Crippen LogP contribution in [0.4, 0.5) is 0 Å². The van der Waals surface area contributed by atoms with E-state index in [1.807, 2.05) is 4.68 Å². The predicted octanol–water partition coefficient (Wildman–Crippen LogP) is 3.54. The van der Waals surface area contributed by atoms with Crippen LogP contribution in [0.3, 0.4) is 0 Å². The van der Waals surface area contributed by atoms with Crippen LogP contribution >= 0.6 is 23.2 Å². The first-order chi connectivity index (χ1) is 7.13. The molecule has 1 heterocycles. The summed E-state index contributed by atoms with van der Waals surface area (Å²) in [5.41, 5.74) is 2.12. The molecule has 0 amide bonds. The lowest BCUT2D eigenvalue weighted by Crippen LogP contribution is -2.08. The summed E-state index contributed by atoms with van der Waals surface area (Å²) < 4.78 is 1.99. The van der Waals surface area contributed by atoms with Crippen LogP contribution in [0.1, 0.15) is 32.2 Å². The van der Waals surface area contributed by atoms with Crippen molar-refractivity contribution in [1.29, 1.82) is 0 Å². The molecule has 0 spiro atoms. The summed E-state index contributed by atoms with van der Waals surface area (Å²) in [6, 6.07) is 0. The zero-order valence-electron chi connectivity index (χ0n) is 9.56. The molecule has 86 valence electrons. The van der Waals surface area contributed by atoms with Crippen LogP contribution < -0.4 is 0 Å². The van der Waals surface area contributed by atoms with Gasteiger partial charge in [0.05, 0.1) is 16.4 Å². The molecule has 1 aromatic heterocycles. The zero-order valence-corrected chi connectivity index (χ0v) is 11.1. The average Bonchev–Trinajstić information content (AvgIpc) is 2.55. The molecular weight excluding hydrogens is 231 g/mol. The monoisotopic (exact) mass is 248 g/mol. The molecule has 0 aliphatic heterocycles. The van der Waals surface area contributed by atoms with Gasteiger partial charge in [-0.05, 0) is 25.7 Å². The van der Waals surface area contributed by atoms with Gasteiger partial charge in [-0.3, -0.25) is 4.68 Å². The Kier molecular flexibility index (Phi) is 4.94. The van der Waals surface area contributed by atoms with Crippen LogP contribution in [0.15, 0.2) is 0 Å². The van der Waals surface area contributed by atoms with E-state index in [9.17, 15) is 0 Å².